The Balaban J connectivity index is 2.63. The molecule has 0 radical (unpaired) electrons. The zero-order valence-corrected chi connectivity index (χ0v) is 10.6. The van der Waals surface area contributed by atoms with Crippen LogP contribution in [0.4, 0.5) is 0 Å². The minimum absolute atomic E-state index is 0.0127. The third-order valence-electron chi connectivity index (χ3n) is 3.05. The maximum atomic E-state index is 11.7. The lowest BCUT2D eigenvalue weighted by atomic mass is 10.1. The van der Waals surface area contributed by atoms with Gasteiger partial charge in [0.1, 0.15) is 0 Å². The Morgan fingerprint density at radius 2 is 1.88 bits per heavy atom. The van der Waals surface area contributed by atoms with Crippen molar-refractivity contribution in [1.82, 2.24) is 0 Å². The molecule has 90 valence electrons. The predicted molar refractivity (Wildman–Crippen MR) is 61.8 cm³/mol. The quantitative estimate of drug-likeness (QED) is 0.544. The summed E-state index contributed by atoms with van der Waals surface area (Å²) in [6, 6.07) is 0. The second-order valence-electron chi connectivity index (χ2n) is 5.28. The molecule has 0 unspecified atom stereocenters. The summed E-state index contributed by atoms with van der Waals surface area (Å²) in [6.45, 7) is 9.23. The number of ether oxygens (including phenoxy) is 1. The van der Waals surface area contributed by atoms with Gasteiger partial charge in [-0.15, -0.1) is 0 Å². The van der Waals surface area contributed by atoms with E-state index in [9.17, 15) is 9.59 Å². The smallest absolute Gasteiger partial charge is 0.310 e. The fraction of sp³-hybridized carbons (Fsp3) is 0.692. The van der Waals surface area contributed by atoms with Crippen molar-refractivity contribution in [3.63, 3.8) is 0 Å². The Bertz CT molecular complexity index is 326. The lowest BCUT2D eigenvalue weighted by Gasteiger charge is -2.08. The van der Waals surface area contributed by atoms with E-state index in [1.54, 1.807) is 0 Å². The van der Waals surface area contributed by atoms with Gasteiger partial charge in [-0.2, -0.15) is 0 Å². The van der Waals surface area contributed by atoms with E-state index in [2.05, 4.69) is 0 Å². The molecule has 16 heavy (non-hydrogen) atoms. The molecule has 0 saturated heterocycles. The van der Waals surface area contributed by atoms with Crippen LogP contribution in [0.5, 0.6) is 0 Å². The van der Waals surface area contributed by atoms with Gasteiger partial charge in [-0.3, -0.25) is 9.59 Å². The van der Waals surface area contributed by atoms with Crippen LogP contribution in [-0.2, 0) is 14.3 Å². The largest absolute Gasteiger partial charge is 0.463 e. The summed E-state index contributed by atoms with van der Waals surface area (Å²) in [6.07, 6.45) is 3.28. The molecule has 0 spiro atoms. The first-order valence-electron chi connectivity index (χ1n) is 5.66. The highest BCUT2D eigenvalue weighted by molar-refractivity contribution is 5.87. The average molecular weight is 224 g/mol. The monoisotopic (exact) mass is 224 g/mol. The highest BCUT2D eigenvalue weighted by Crippen LogP contribution is 2.59. The van der Waals surface area contributed by atoms with Gasteiger partial charge in [0.25, 0.3) is 0 Å². The number of esters is 1. The van der Waals surface area contributed by atoms with Crippen LogP contribution in [0.2, 0.25) is 0 Å². The predicted octanol–water partition coefficient (Wildman–Crippen LogP) is 2.36. The maximum Gasteiger partial charge on any atom is 0.310 e. The molecule has 0 aromatic heterocycles. The SMILES string of the molecule is CC(=O)/C=C/[C@H]1[C@@H](C(=O)OC(C)C)C1(C)C. The maximum absolute atomic E-state index is 11.7. The van der Waals surface area contributed by atoms with Crippen molar-refractivity contribution in [2.75, 3.05) is 0 Å². The van der Waals surface area contributed by atoms with E-state index in [1.807, 2.05) is 33.8 Å². The first kappa shape index (κ1) is 12.9. The van der Waals surface area contributed by atoms with Gasteiger partial charge in [-0.1, -0.05) is 19.9 Å². The van der Waals surface area contributed by atoms with Gasteiger partial charge in [-0.25, -0.2) is 0 Å². The van der Waals surface area contributed by atoms with Crippen molar-refractivity contribution >= 4 is 11.8 Å². The number of hydrogen-bond donors (Lipinski definition) is 0. The number of hydrogen-bond acceptors (Lipinski definition) is 3. The number of carbonyl (C=O) groups is 2. The van der Waals surface area contributed by atoms with Crippen molar-refractivity contribution in [3.8, 4) is 0 Å². The highest BCUT2D eigenvalue weighted by Gasteiger charge is 2.61. The molecule has 1 aliphatic carbocycles. The van der Waals surface area contributed by atoms with Crippen molar-refractivity contribution in [2.45, 2.75) is 40.7 Å². The molecule has 0 aromatic rings. The van der Waals surface area contributed by atoms with E-state index in [0.717, 1.165) is 0 Å². The third-order valence-corrected chi connectivity index (χ3v) is 3.05. The first-order valence-corrected chi connectivity index (χ1v) is 5.66. The van der Waals surface area contributed by atoms with Crippen molar-refractivity contribution in [2.24, 2.45) is 17.3 Å². The molecule has 3 nitrogen and oxygen atoms in total. The molecule has 1 saturated carbocycles. The Kier molecular flexibility index (Phi) is 3.56. The topological polar surface area (TPSA) is 43.4 Å². The molecule has 0 N–H and O–H groups in total. The van der Waals surface area contributed by atoms with Crippen molar-refractivity contribution < 1.29 is 14.3 Å². The van der Waals surface area contributed by atoms with E-state index in [0.29, 0.717) is 0 Å². The van der Waals surface area contributed by atoms with Crippen LogP contribution >= 0.6 is 0 Å². The zero-order chi connectivity index (χ0) is 12.5. The van der Waals surface area contributed by atoms with Gasteiger partial charge in [0.2, 0.25) is 0 Å². The number of carbonyl (C=O) groups excluding carboxylic acids is 2. The molecule has 0 amide bonds. The number of ketones is 1. The van der Waals surface area contributed by atoms with Crippen LogP contribution in [0.15, 0.2) is 12.2 Å². The van der Waals surface area contributed by atoms with Crippen LogP contribution in [0.1, 0.15) is 34.6 Å². The fourth-order valence-electron chi connectivity index (χ4n) is 2.03. The molecule has 0 aliphatic heterocycles. The molecule has 2 atom stereocenters. The van der Waals surface area contributed by atoms with E-state index in [1.165, 1.54) is 13.0 Å². The summed E-state index contributed by atoms with van der Waals surface area (Å²) >= 11 is 0. The molecular formula is C13H20O3. The zero-order valence-electron chi connectivity index (χ0n) is 10.6. The summed E-state index contributed by atoms with van der Waals surface area (Å²) in [7, 11) is 0. The second-order valence-corrected chi connectivity index (χ2v) is 5.28. The van der Waals surface area contributed by atoms with Crippen LogP contribution in [-0.4, -0.2) is 17.9 Å². The summed E-state index contributed by atoms with van der Waals surface area (Å²) in [5.74, 6) is -0.120. The van der Waals surface area contributed by atoms with Crippen LogP contribution in [0.25, 0.3) is 0 Å². The number of allylic oxidation sites excluding steroid dienone is 2. The van der Waals surface area contributed by atoms with Crippen molar-refractivity contribution in [3.05, 3.63) is 12.2 Å². The van der Waals surface area contributed by atoms with Gasteiger partial charge < -0.3 is 4.74 Å². The first-order chi connectivity index (χ1) is 7.26. The van der Waals surface area contributed by atoms with Gasteiger partial charge in [0.15, 0.2) is 5.78 Å². The summed E-state index contributed by atoms with van der Waals surface area (Å²) in [4.78, 5) is 22.6. The highest BCUT2D eigenvalue weighted by atomic mass is 16.5. The molecule has 0 bridgehead atoms. The Hall–Kier alpha value is -1.12. The summed E-state index contributed by atoms with van der Waals surface area (Å²) in [5, 5.41) is 0. The molecule has 3 heteroatoms. The Morgan fingerprint density at radius 3 is 2.31 bits per heavy atom. The molecule has 0 heterocycles. The second kappa shape index (κ2) is 4.40. The molecule has 1 aliphatic rings. The van der Waals surface area contributed by atoms with Crippen LogP contribution < -0.4 is 0 Å². The summed E-state index contributed by atoms with van der Waals surface area (Å²) < 4.78 is 5.19. The van der Waals surface area contributed by atoms with Crippen LogP contribution in [0.3, 0.4) is 0 Å². The lowest BCUT2D eigenvalue weighted by molar-refractivity contribution is -0.150. The lowest BCUT2D eigenvalue weighted by Crippen LogP contribution is -2.15. The average Bonchev–Trinajstić information content (AvgIpc) is 2.63. The van der Waals surface area contributed by atoms with E-state index >= 15 is 0 Å². The molecule has 1 rings (SSSR count). The molecule has 0 aromatic carbocycles. The van der Waals surface area contributed by atoms with Gasteiger partial charge >= 0.3 is 5.97 Å². The fourth-order valence-corrected chi connectivity index (χ4v) is 2.03. The normalized spacial score (nSPS) is 27.1. The Labute approximate surface area is 96.9 Å². The minimum Gasteiger partial charge on any atom is -0.463 e. The van der Waals surface area contributed by atoms with Gasteiger partial charge in [-0.05, 0) is 38.2 Å². The third kappa shape index (κ3) is 2.71. The summed E-state index contributed by atoms with van der Waals surface area (Å²) in [5.41, 5.74) is -0.0854. The van der Waals surface area contributed by atoms with Gasteiger partial charge in [0.05, 0.1) is 12.0 Å². The van der Waals surface area contributed by atoms with E-state index in [4.69, 9.17) is 4.74 Å². The van der Waals surface area contributed by atoms with Crippen LogP contribution in [0, 0.1) is 17.3 Å². The Morgan fingerprint density at radius 1 is 1.31 bits per heavy atom. The van der Waals surface area contributed by atoms with Crippen molar-refractivity contribution in [1.29, 1.82) is 0 Å². The minimum atomic E-state index is -0.154. The van der Waals surface area contributed by atoms with E-state index < -0.39 is 0 Å². The van der Waals surface area contributed by atoms with Gasteiger partial charge in [0, 0.05) is 0 Å². The molecular weight excluding hydrogens is 204 g/mol. The molecule has 1 fully saturated rings. The standard InChI is InChI=1S/C13H20O3/c1-8(2)16-12(15)11-10(13(11,4)5)7-6-9(3)14/h6-8,10-11H,1-5H3/b7-6+/t10-,11-/m0/s1. The van der Waals surface area contributed by atoms with E-state index in [-0.39, 0.29) is 35.1 Å². The number of rotatable bonds is 4.